The van der Waals surface area contributed by atoms with Crippen LogP contribution in [0, 0.1) is 13.8 Å². The van der Waals surface area contributed by atoms with E-state index < -0.39 is 0 Å². The van der Waals surface area contributed by atoms with Crippen molar-refractivity contribution in [3.63, 3.8) is 0 Å². The van der Waals surface area contributed by atoms with Crippen molar-refractivity contribution in [3.8, 4) is 5.75 Å². The third-order valence-electron chi connectivity index (χ3n) is 4.03. The van der Waals surface area contributed by atoms with E-state index in [1.165, 1.54) is 0 Å². The number of hydrogen-bond donors (Lipinski definition) is 2. The molecule has 1 heterocycles. The average Bonchev–Trinajstić information content (AvgIpc) is 2.87. The van der Waals surface area contributed by atoms with E-state index in [-0.39, 0.29) is 23.3 Å². The van der Waals surface area contributed by atoms with E-state index in [1.807, 2.05) is 26.8 Å². The van der Waals surface area contributed by atoms with Gasteiger partial charge in [-0.25, -0.2) is 4.98 Å². The summed E-state index contributed by atoms with van der Waals surface area (Å²) in [5.41, 5.74) is 2.14. The fraction of sp³-hybridized carbons (Fsp3) is 0.444. The van der Waals surface area contributed by atoms with Crippen LogP contribution in [0.25, 0.3) is 0 Å². The zero-order valence-corrected chi connectivity index (χ0v) is 15.7. The molecule has 0 unspecified atom stereocenters. The zero-order valence-electron chi connectivity index (χ0n) is 14.9. The first-order valence-corrected chi connectivity index (χ1v) is 9.01. The van der Waals surface area contributed by atoms with Gasteiger partial charge in [0, 0.05) is 29.7 Å². The van der Waals surface area contributed by atoms with E-state index >= 15 is 0 Å². The highest BCUT2D eigenvalue weighted by Crippen LogP contribution is 2.27. The van der Waals surface area contributed by atoms with Crippen LogP contribution in [0.15, 0.2) is 18.2 Å². The summed E-state index contributed by atoms with van der Waals surface area (Å²) in [6, 6.07) is 5.05. The normalized spacial score (nSPS) is 12.0. The van der Waals surface area contributed by atoms with Gasteiger partial charge in [0.2, 0.25) is 0 Å². The first kappa shape index (κ1) is 18.3. The van der Waals surface area contributed by atoms with Crippen molar-refractivity contribution >= 4 is 22.9 Å². The number of aromatic nitrogens is 1. The molecule has 2 aromatic rings. The Morgan fingerprint density at radius 3 is 2.50 bits per heavy atom. The van der Waals surface area contributed by atoms with Crippen LogP contribution in [-0.4, -0.2) is 29.1 Å². The lowest BCUT2D eigenvalue weighted by Crippen LogP contribution is -2.27. The summed E-state index contributed by atoms with van der Waals surface area (Å²) in [5.74, 6) is -0.280. The Morgan fingerprint density at radius 1 is 1.33 bits per heavy atom. The monoisotopic (exact) mass is 347 g/mol. The number of nitrogens with zero attached hydrogens (tertiary/aromatic N) is 2. The Labute approximate surface area is 147 Å². The Balaban J connectivity index is 2.16. The number of carbonyl (C=O) groups is 1. The summed E-state index contributed by atoms with van der Waals surface area (Å²) in [6.07, 6.45) is 0. The van der Waals surface area contributed by atoms with E-state index in [1.54, 1.807) is 23.5 Å². The van der Waals surface area contributed by atoms with E-state index in [0.717, 1.165) is 34.4 Å². The quantitative estimate of drug-likeness (QED) is 0.834. The number of phenolic OH excluding ortho intramolecular Hbond substituents is 1. The second kappa shape index (κ2) is 7.66. The minimum absolute atomic E-state index is 0.00121. The maximum atomic E-state index is 12.5. The van der Waals surface area contributed by atoms with E-state index in [9.17, 15) is 9.90 Å². The van der Waals surface area contributed by atoms with Crippen LogP contribution in [0.3, 0.4) is 0 Å². The van der Waals surface area contributed by atoms with Gasteiger partial charge in [0.25, 0.3) is 5.91 Å². The number of amides is 1. The number of thiazole rings is 1. The molecule has 0 spiro atoms. The van der Waals surface area contributed by atoms with Gasteiger partial charge in [-0.15, -0.1) is 11.3 Å². The standard InChI is InChI=1S/C18H25N3O2S/c1-6-21(7-2)14-8-9-15(16(22)10-14)18(23)20-12(4)17-11(3)19-13(5)24-17/h8-10,12,22H,6-7H2,1-5H3,(H,20,23)/t12-/m1/s1. The number of aryl methyl sites for hydroxylation is 2. The molecule has 1 aromatic carbocycles. The minimum atomic E-state index is -0.281. The summed E-state index contributed by atoms with van der Waals surface area (Å²) in [4.78, 5) is 20.0. The maximum Gasteiger partial charge on any atom is 0.255 e. The molecule has 24 heavy (non-hydrogen) atoms. The zero-order chi connectivity index (χ0) is 17.9. The molecule has 0 saturated heterocycles. The highest BCUT2D eigenvalue weighted by molar-refractivity contribution is 7.11. The highest BCUT2D eigenvalue weighted by atomic mass is 32.1. The Morgan fingerprint density at radius 2 is 2.00 bits per heavy atom. The predicted octanol–water partition coefficient (Wildman–Crippen LogP) is 3.80. The molecule has 0 aliphatic heterocycles. The molecule has 0 radical (unpaired) electrons. The van der Waals surface area contributed by atoms with Crippen molar-refractivity contribution < 1.29 is 9.90 Å². The number of carbonyl (C=O) groups excluding carboxylic acids is 1. The molecule has 0 aliphatic carbocycles. The molecule has 0 saturated carbocycles. The molecular formula is C18H25N3O2S. The van der Waals surface area contributed by atoms with Crippen LogP contribution in [0.4, 0.5) is 5.69 Å². The van der Waals surface area contributed by atoms with Gasteiger partial charge in [0.1, 0.15) is 5.75 Å². The topological polar surface area (TPSA) is 65.5 Å². The molecular weight excluding hydrogens is 322 g/mol. The van der Waals surface area contributed by atoms with Gasteiger partial charge >= 0.3 is 0 Å². The number of aromatic hydroxyl groups is 1. The molecule has 2 rings (SSSR count). The molecule has 5 nitrogen and oxygen atoms in total. The lowest BCUT2D eigenvalue weighted by molar-refractivity contribution is 0.0938. The van der Waals surface area contributed by atoms with Crippen LogP contribution in [0.1, 0.15) is 52.7 Å². The lowest BCUT2D eigenvalue weighted by atomic mass is 10.1. The lowest BCUT2D eigenvalue weighted by Gasteiger charge is -2.21. The van der Waals surface area contributed by atoms with Crippen molar-refractivity contribution in [1.82, 2.24) is 10.3 Å². The van der Waals surface area contributed by atoms with Crippen LogP contribution < -0.4 is 10.2 Å². The van der Waals surface area contributed by atoms with Gasteiger partial charge < -0.3 is 15.3 Å². The third-order valence-corrected chi connectivity index (χ3v) is 5.29. The van der Waals surface area contributed by atoms with Crippen molar-refractivity contribution in [3.05, 3.63) is 39.3 Å². The number of benzene rings is 1. The summed E-state index contributed by atoms with van der Waals surface area (Å²) in [6.45, 7) is 11.6. The van der Waals surface area contributed by atoms with Crippen LogP contribution in [0.5, 0.6) is 5.75 Å². The van der Waals surface area contributed by atoms with Gasteiger partial charge in [0.15, 0.2) is 0 Å². The molecule has 1 amide bonds. The Bertz CT molecular complexity index is 723. The van der Waals surface area contributed by atoms with Crippen molar-refractivity contribution in [2.75, 3.05) is 18.0 Å². The number of anilines is 1. The summed E-state index contributed by atoms with van der Waals surface area (Å²) in [7, 11) is 0. The summed E-state index contributed by atoms with van der Waals surface area (Å²) < 4.78 is 0. The largest absolute Gasteiger partial charge is 0.507 e. The Hall–Kier alpha value is -2.08. The van der Waals surface area contributed by atoms with Crippen molar-refractivity contribution in [2.24, 2.45) is 0 Å². The van der Waals surface area contributed by atoms with Gasteiger partial charge in [-0.05, 0) is 46.8 Å². The van der Waals surface area contributed by atoms with Crippen LogP contribution >= 0.6 is 11.3 Å². The van der Waals surface area contributed by atoms with Crippen molar-refractivity contribution in [2.45, 2.75) is 40.7 Å². The number of rotatable bonds is 6. The van der Waals surface area contributed by atoms with Gasteiger partial charge in [-0.2, -0.15) is 0 Å². The maximum absolute atomic E-state index is 12.5. The molecule has 0 bridgehead atoms. The SMILES string of the molecule is CCN(CC)c1ccc(C(=O)N[C@H](C)c2sc(C)nc2C)c(O)c1. The number of phenols is 1. The van der Waals surface area contributed by atoms with Gasteiger partial charge in [-0.3, -0.25) is 4.79 Å². The molecule has 2 N–H and O–H groups in total. The molecule has 1 atom stereocenters. The fourth-order valence-corrected chi connectivity index (χ4v) is 3.72. The highest BCUT2D eigenvalue weighted by Gasteiger charge is 2.19. The molecule has 0 fully saturated rings. The number of nitrogens with one attached hydrogen (secondary N) is 1. The second-order valence-corrected chi connectivity index (χ2v) is 6.99. The predicted molar refractivity (Wildman–Crippen MR) is 99.1 cm³/mol. The van der Waals surface area contributed by atoms with Crippen LogP contribution in [0.2, 0.25) is 0 Å². The summed E-state index contributed by atoms with van der Waals surface area (Å²) >= 11 is 1.58. The second-order valence-electron chi connectivity index (χ2n) is 5.75. The van der Waals surface area contributed by atoms with Gasteiger partial charge in [0.05, 0.1) is 22.3 Å². The number of hydrogen-bond acceptors (Lipinski definition) is 5. The molecule has 0 aliphatic rings. The fourth-order valence-electron chi connectivity index (χ4n) is 2.79. The average molecular weight is 347 g/mol. The van der Waals surface area contributed by atoms with E-state index in [4.69, 9.17) is 0 Å². The first-order valence-electron chi connectivity index (χ1n) is 8.20. The van der Waals surface area contributed by atoms with E-state index in [0.29, 0.717) is 0 Å². The van der Waals surface area contributed by atoms with E-state index in [2.05, 4.69) is 29.0 Å². The molecule has 6 heteroatoms. The Kier molecular flexibility index (Phi) is 5.83. The van der Waals surface area contributed by atoms with Crippen LogP contribution in [-0.2, 0) is 0 Å². The van der Waals surface area contributed by atoms with Gasteiger partial charge in [-0.1, -0.05) is 0 Å². The van der Waals surface area contributed by atoms with Crippen molar-refractivity contribution in [1.29, 1.82) is 0 Å². The summed E-state index contributed by atoms with van der Waals surface area (Å²) in [5, 5.41) is 14.2. The first-order chi connectivity index (χ1) is 11.4. The molecule has 1 aromatic heterocycles. The molecule has 130 valence electrons. The third kappa shape index (κ3) is 3.87. The minimum Gasteiger partial charge on any atom is -0.507 e. The smallest absolute Gasteiger partial charge is 0.255 e.